The Morgan fingerprint density at radius 2 is 2.06 bits per heavy atom. The van der Waals surface area contributed by atoms with Crippen LogP contribution in [0.15, 0.2) is 36.7 Å². The van der Waals surface area contributed by atoms with Crippen LogP contribution in [0.2, 0.25) is 5.02 Å². The van der Waals surface area contributed by atoms with E-state index < -0.39 is 17.6 Å². The molecule has 172 valence electrons. The van der Waals surface area contributed by atoms with E-state index in [2.05, 4.69) is 20.6 Å². The van der Waals surface area contributed by atoms with E-state index in [0.717, 1.165) is 0 Å². The van der Waals surface area contributed by atoms with Gasteiger partial charge in [-0.25, -0.2) is 14.4 Å². The minimum atomic E-state index is -0.816. The largest absolute Gasteiger partial charge is 0.486 e. The van der Waals surface area contributed by atoms with Gasteiger partial charge in [0.15, 0.2) is 0 Å². The maximum Gasteiger partial charge on any atom is 0.313 e. The summed E-state index contributed by atoms with van der Waals surface area (Å²) in [6, 6.07) is 7.47. The molecule has 0 spiro atoms. The van der Waals surface area contributed by atoms with Crippen LogP contribution in [-0.2, 0) is 14.3 Å². The highest BCUT2D eigenvalue weighted by Crippen LogP contribution is 2.35. The summed E-state index contributed by atoms with van der Waals surface area (Å²) in [6.45, 7) is 0.999. The maximum atomic E-state index is 13.5. The standard InChI is InChI=1S/C22H21ClFN5O4/c1-29(2)22(31)21(30)28-18-8-14-17(9-19(18)33-13-5-6-32-10-13)25-11-26-20(14)27-12-3-4-16(24)15(23)7-12/h3-4,7-9,11,13H,5-6,10H2,1-2H3,(H,28,30)(H,25,26,27)/t13-/m0/s1. The summed E-state index contributed by atoms with van der Waals surface area (Å²) >= 11 is 5.88. The molecule has 2 N–H and O–H groups in total. The fraction of sp³-hybridized carbons (Fsp3) is 0.273. The molecule has 1 aromatic heterocycles. The smallest absolute Gasteiger partial charge is 0.313 e. The lowest BCUT2D eigenvalue weighted by Gasteiger charge is -2.18. The van der Waals surface area contributed by atoms with Gasteiger partial charge in [0.05, 0.1) is 29.4 Å². The van der Waals surface area contributed by atoms with Gasteiger partial charge in [0.2, 0.25) is 0 Å². The summed E-state index contributed by atoms with van der Waals surface area (Å²) < 4.78 is 24.9. The van der Waals surface area contributed by atoms with Crippen LogP contribution in [0.3, 0.4) is 0 Å². The van der Waals surface area contributed by atoms with E-state index in [-0.39, 0.29) is 16.8 Å². The highest BCUT2D eigenvalue weighted by molar-refractivity contribution is 6.39. The number of carbonyl (C=O) groups is 2. The molecule has 1 aliphatic rings. The number of likely N-dealkylation sites (N-methyl/N-ethyl adjacent to an activating group) is 1. The van der Waals surface area contributed by atoms with Gasteiger partial charge in [-0.3, -0.25) is 9.59 Å². The fourth-order valence-electron chi connectivity index (χ4n) is 3.25. The number of hydrogen-bond donors (Lipinski definition) is 2. The topological polar surface area (TPSA) is 106 Å². The first-order valence-electron chi connectivity index (χ1n) is 10.1. The first-order chi connectivity index (χ1) is 15.8. The molecule has 0 bridgehead atoms. The highest BCUT2D eigenvalue weighted by Gasteiger charge is 2.23. The normalized spacial score (nSPS) is 15.3. The zero-order valence-electron chi connectivity index (χ0n) is 17.9. The van der Waals surface area contributed by atoms with Crippen molar-refractivity contribution in [3.8, 4) is 5.75 Å². The molecule has 4 rings (SSSR count). The van der Waals surface area contributed by atoms with Gasteiger partial charge in [-0.2, -0.15) is 0 Å². The molecule has 33 heavy (non-hydrogen) atoms. The van der Waals surface area contributed by atoms with Crippen LogP contribution in [0.25, 0.3) is 10.9 Å². The van der Waals surface area contributed by atoms with Crippen LogP contribution >= 0.6 is 11.6 Å². The number of anilines is 3. The Morgan fingerprint density at radius 1 is 1.24 bits per heavy atom. The Balaban J connectivity index is 1.74. The Labute approximate surface area is 193 Å². The van der Waals surface area contributed by atoms with Crippen molar-refractivity contribution in [3.05, 3.63) is 47.5 Å². The van der Waals surface area contributed by atoms with Crippen LogP contribution in [0.4, 0.5) is 21.6 Å². The molecule has 1 atom stereocenters. The van der Waals surface area contributed by atoms with Crippen LogP contribution in [0.5, 0.6) is 5.75 Å². The summed E-state index contributed by atoms with van der Waals surface area (Å²) in [4.78, 5) is 34.3. The average Bonchev–Trinajstić information content (AvgIpc) is 3.29. The van der Waals surface area contributed by atoms with Gasteiger partial charge in [0.1, 0.15) is 29.8 Å². The molecule has 2 amide bonds. The molecule has 1 fully saturated rings. The molecule has 1 aliphatic heterocycles. The van der Waals surface area contributed by atoms with Gasteiger partial charge >= 0.3 is 11.8 Å². The van der Waals surface area contributed by atoms with Gasteiger partial charge in [0.25, 0.3) is 0 Å². The Hall–Kier alpha value is -3.50. The number of ether oxygens (including phenoxy) is 2. The molecule has 0 radical (unpaired) electrons. The van der Waals surface area contributed by atoms with Crippen LogP contribution < -0.4 is 15.4 Å². The van der Waals surface area contributed by atoms with Gasteiger partial charge in [-0.15, -0.1) is 0 Å². The predicted octanol–water partition coefficient (Wildman–Crippen LogP) is 3.36. The van der Waals surface area contributed by atoms with Gasteiger partial charge < -0.3 is 25.0 Å². The van der Waals surface area contributed by atoms with Crippen molar-refractivity contribution in [1.82, 2.24) is 14.9 Å². The molecular weight excluding hydrogens is 453 g/mol. The molecule has 11 heteroatoms. The molecule has 9 nitrogen and oxygen atoms in total. The summed E-state index contributed by atoms with van der Waals surface area (Å²) in [5.74, 6) is -1.32. The number of nitrogens with zero attached hydrogens (tertiary/aromatic N) is 3. The van der Waals surface area contributed by atoms with Gasteiger partial charge in [-0.05, 0) is 24.3 Å². The van der Waals surface area contributed by atoms with Crippen LogP contribution in [0, 0.1) is 5.82 Å². The molecule has 3 aromatic rings. The zero-order valence-corrected chi connectivity index (χ0v) is 18.6. The second-order valence-corrected chi connectivity index (χ2v) is 8.01. The number of halogens is 2. The molecule has 2 heterocycles. The number of nitrogens with one attached hydrogen (secondary N) is 2. The number of benzene rings is 2. The molecule has 1 saturated heterocycles. The summed E-state index contributed by atoms with van der Waals surface area (Å²) in [5.41, 5.74) is 1.33. The second-order valence-electron chi connectivity index (χ2n) is 7.60. The monoisotopic (exact) mass is 473 g/mol. The van der Waals surface area contributed by atoms with Gasteiger partial charge in [0, 0.05) is 37.7 Å². The van der Waals surface area contributed by atoms with Crippen molar-refractivity contribution in [1.29, 1.82) is 0 Å². The third-order valence-corrected chi connectivity index (χ3v) is 5.24. The summed E-state index contributed by atoms with van der Waals surface area (Å²) in [6.07, 6.45) is 1.87. The van der Waals surface area contributed by atoms with E-state index in [1.165, 1.54) is 43.5 Å². The van der Waals surface area contributed by atoms with Crippen LogP contribution in [0.1, 0.15) is 6.42 Å². The maximum absolute atomic E-state index is 13.5. The van der Waals surface area contributed by atoms with E-state index in [1.807, 2.05) is 0 Å². The molecular formula is C22H21ClFN5O4. The minimum Gasteiger partial charge on any atom is -0.486 e. The number of fused-ring (bicyclic) bond motifs is 1. The third kappa shape index (κ3) is 5.12. The zero-order chi connectivity index (χ0) is 23.5. The number of carbonyl (C=O) groups excluding carboxylic acids is 2. The van der Waals surface area contributed by atoms with Crippen molar-refractivity contribution < 1.29 is 23.5 Å². The van der Waals surface area contributed by atoms with Crippen molar-refractivity contribution >= 4 is 51.5 Å². The highest BCUT2D eigenvalue weighted by atomic mass is 35.5. The second kappa shape index (κ2) is 9.55. The van der Waals surface area contributed by atoms with Crippen LogP contribution in [-0.4, -0.2) is 60.1 Å². The lowest BCUT2D eigenvalue weighted by Crippen LogP contribution is -2.34. The number of rotatable bonds is 5. The lowest BCUT2D eigenvalue weighted by molar-refractivity contribution is -0.141. The van der Waals surface area contributed by atoms with E-state index in [0.29, 0.717) is 47.8 Å². The van der Waals surface area contributed by atoms with Crippen molar-refractivity contribution in [2.45, 2.75) is 12.5 Å². The van der Waals surface area contributed by atoms with E-state index in [1.54, 1.807) is 12.1 Å². The molecule has 0 unspecified atom stereocenters. The third-order valence-electron chi connectivity index (χ3n) is 4.95. The Morgan fingerprint density at radius 3 is 2.76 bits per heavy atom. The predicted molar refractivity (Wildman–Crippen MR) is 121 cm³/mol. The molecule has 0 saturated carbocycles. The SMILES string of the molecule is CN(C)C(=O)C(=O)Nc1cc2c(Nc3ccc(F)c(Cl)c3)ncnc2cc1O[C@H]1CCOC1. The van der Waals surface area contributed by atoms with E-state index in [9.17, 15) is 14.0 Å². The van der Waals surface area contributed by atoms with E-state index >= 15 is 0 Å². The summed E-state index contributed by atoms with van der Waals surface area (Å²) in [5, 5.41) is 6.20. The minimum absolute atomic E-state index is 0.0389. The fourth-order valence-corrected chi connectivity index (χ4v) is 3.43. The number of aromatic nitrogens is 2. The average molecular weight is 474 g/mol. The Kier molecular flexibility index (Phi) is 6.57. The Bertz CT molecular complexity index is 1220. The molecule has 0 aliphatic carbocycles. The van der Waals surface area contributed by atoms with Crippen molar-refractivity contribution in [2.24, 2.45) is 0 Å². The molecule has 2 aromatic carbocycles. The first-order valence-corrected chi connectivity index (χ1v) is 10.5. The van der Waals surface area contributed by atoms with Gasteiger partial charge in [-0.1, -0.05) is 11.6 Å². The van der Waals surface area contributed by atoms with E-state index in [4.69, 9.17) is 21.1 Å². The number of amides is 2. The quantitative estimate of drug-likeness (QED) is 0.547. The number of hydrogen-bond acceptors (Lipinski definition) is 7. The van der Waals surface area contributed by atoms with Crippen molar-refractivity contribution in [2.75, 3.05) is 37.9 Å². The van der Waals surface area contributed by atoms with Crippen molar-refractivity contribution in [3.63, 3.8) is 0 Å². The summed E-state index contributed by atoms with van der Waals surface area (Å²) in [7, 11) is 2.97. The lowest BCUT2D eigenvalue weighted by atomic mass is 10.1. The first kappa shape index (κ1) is 22.7.